The van der Waals surface area contributed by atoms with Crippen LogP contribution in [-0.4, -0.2) is 25.5 Å². The first-order valence-electron chi connectivity index (χ1n) is 5.72. The number of carbonyl (C=O) groups is 1. The van der Waals surface area contributed by atoms with E-state index >= 15 is 0 Å². The molecule has 1 aromatic heterocycles. The maximum Gasteiger partial charge on any atom is 0.227 e. The van der Waals surface area contributed by atoms with Crippen molar-refractivity contribution in [3.8, 4) is 0 Å². The van der Waals surface area contributed by atoms with Gasteiger partial charge in [-0.1, -0.05) is 0 Å². The molecule has 88 valence electrons. The van der Waals surface area contributed by atoms with E-state index in [1.54, 1.807) is 6.26 Å². The lowest BCUT2D eigenvalue weighted by atomic mass is 9.89. The van der Waals surface area contributed by atoms with E-state index in [1.807, 2.05) is 19.1 Å². The summed E-state index contributed by atoms with van der Waals surface area (Å²) < 4.78 is 5.20. The minimum atomic E-state index is -0.233. The Hall–Kier alpha value is -1.29. The van der Waals surface area contributed by atoms with Gasteiger partial charge in [0.05, 0.1) is 11.7 Å². The molecule has 2 heterocycles. The van der Waals surface area contributed by atoms with Gasteiger partial charge in [-0.25, -0.2) is 0 Å². The molecule has 0 saturated carbocycles. The molecule has 0 bridgehead atoms. The van der Waals surface area contributed by atoms with Gasteiger partial charge in [-0.3, -0.25) is 4.79 Å². The molecule has 4 nitrogen and oxygen atoms in total. The zero-order chi connectivity index (χ0) is 11.4. The van der Waals surface area contributed by atoms with Gasteiger partial charge < -0.3 is 15.1 Å². The highest BCUT2D eigenvalue weighted by atomic mass is 16.3. The standard InChI is InChI=1S/C12H18N2O2/c1-12(5-7-13-9-12)11(15)14-6-4-10-3-2-8-16-10/h2-3,8,13H,4-7,9H2,1H3,(H,14,15). The normalized spacial score (nSPS) is 24.6. The average molecular weight is 222 g/mol. The number of rotatable bonds is 4. The van der Waals surface area contributed by atoms with Crippen LogP contribution in [-0.2, 0) is 11.2 Å². The Morgan fingerprint density at radius 3 is 3.19 bits per heavy atom. The quantitative estimate of drug-likeness (QED) is 0.797. The van der Waals surface area contributed by atoms with Gasteiger partial charge in [0.25, 0.3) is 0 Å². The van der Waals surface area contributed by atoms with E-state index in [4.69, 9.17) is 4.42 Å². The Morgan fingerprint density at radius 2 is 2.56 bits per heavy atom. The predicted molar refractivity (Wildman–Crippen MR) is 61.0 cm³/mol. The van der Waals surface area contributed by atoms with Crippen molar-refractivity contribution >= 4 is 5.91 Å². The molecule has 1 unspecified atom stereocenters. The first-order valence-corrected chi connectivity index (χ1v) is 5.72. The second-order valence-electron chi connectivity index (χ2n) is 4.57. The van der Waals surface area contributed by atoms with E-state index in [-0.39, 0.29) is 11.3 Å². The van der Waals surface area contributed by atoms with Crippen molar-refractivity contribution in [2.75, 3.05) is 19.6 Å². The third-order valence-corrected chi connectivity index (χ3v) is 3.15. The highest BCUT2D eigenvalue weighted by Gasteiger charge is 2.35. The molecule has 1 amide bonds. The summed E-state index contributed by atoms with van der Waals surface area (Å²) in [5, 5.41) is 6.18. The van der Waals surface area contributed by atoms with E-state index in [0.29, 0.717) is 6.54 Å². The molecule has 1 aliphatic rings. The Balaban J connectivity index is 1.75. The van der Waals surface area contributed by atoms with Crippen LogP contribution in [0, 0.1) is 5.41 Å². The first-order chi connectivity index (χ1) is 7.71. The topological polar surface area (TPSA) is 54.3 Å². The molecular weight excluding hydrogens is 204 g/mol. The molecule has 0 aromatic carbocycles. The molecular formula is C12H18N2O2. The zero-order valence-corrected chi connectivity index (χ0v) is 9.58. The van der Waals surface area contributed by atoms with Crippen molar-refractivity contribution in [3.05, 3.63) is 24.2 Å². The Labute approximate surface area is 95.4 Å². The highest BCUT2D eigenvalue weighted by molar-refractivity contribution is 5.82. The van der Waals surface area contributed by atoms with Crippen molar-refractivity contribution in [1.29, 1.82) is 0 Å². The monoisotopic (exact) mass is 222 g/mol. The summed E-state index contributed by atoms with van der Waals surface area (Å²) in [6, 6.07) is 3.78. The van der Waals surface area contributed by atoms with Gasteiger partial charge in [-0.05, 0) is 32.0 Å². The molecule has 1 atom stereocenters. The first kappa shape index (κ1) is 11.2. The van der Waals surface area contributed by atoms with Crippen molar-refractivity contribution in [3.63, 3.8) is 0 Å². The number of furan rings is 1. The number of hydrogen-bond donors (Lipinski definition) is 2. The Bertz CT molecular complexity index is 340. The second-order valence-corrected chi connectivity index (χ2v) is 4.57. The van der Waals surface area contributed by atoms with Gasteiger partial charge in [0.2, 0.25) is 5.91 Å². The van der Waals surface area contributed by atoms with E-state index in [1.165, 1.54) is 0 Å². The maximum atomic E-state index is 11.9. The summed E-state index contributed by atoms with van der Waals surface area (Å²) in [6.07, 6.45) is 3.32. The van der Waals surface area contributed by atoms with Crippen LogP contribution in [0.3, 0.4) is 0 Å². The summed E-state index contributed by atoms with van der Waals surface area (Å²) in [5.74, 6) is 1.05. The largest absolute Gasteiger partial charge is 0.469 e. The van der Waals surface area contributed by atoms with Crippen molar-refractivity contribution in [2.24, 2.45) is 5.41 Å². The van der Waals surface area contributed by atoms with Crippen LogP contribution in [0.4, 0.5) is 0 Å². The molecule has 1 saturated heterocycles. The van der Waals surface area contributed by atoms with E-state index < -0.39 is 0 Å². The minimum Gasteiger partial charge on any atom is -0.469 e. The van der Waals surface area contributed by atoms with Crippen molar-refractivity contribution < 1.29 is 9.21 Å². The minimum absolute atomic E-state index is 0.143. The number of hydrogen-bond acceptors (Lipinski definition) is 3. The molecule has 16 heavy (non-hydrogen) atoms. The maximum absolute atomic E-state index is 11.9. The highest BCUT2D eigenvalue weighted by Crippen LogP contribution is 2.24. The third-order valence-electron chi connectivity index (χ3n) is 3.15. The number of nitrogens with one attached hydrogen (secondary N) is 2. The van der Waals surface area contributed by atoms with Crippen LogP contribution in [0.2, 0.25) is 0 Å². The molecule has 2 rings (SSSR count). The number of amides is 1. The smallest absolute Gasteiger partial charge is 0.227 e. The third kappa shape index (κ3) is 2.44. The summed E-state index contributed by atoms with van der Waals surface area (Å²) in [5.41, 5.74) is -0.233. The zero-order valence-electron chi connectivity index (χ0n) is 9.58. The van der Waals surface area contributed by atoms with E-state index in [0.717, 1.165) is 31.7 Å². The van der Waals surface area contributed by atoms with Gasteiger partial charge in [-0.2, -0.15) is 0 Å². The molecule has 0 radical (unpaired) electrons. The fourth-order valence-electron chi connectivity index (χ4n) is 1.98. The lowest BCUT2D eigenvalue weighted by Gasteiger charge is -2.21. The fourth-order valence-corrected chi connectivity index (χ4v) is 1.98. The summed E-state index contributed by atoms with van der Waals surface area (Å²) >= 11 is 0. The lowest BCUT2D eigenvalue weighted by Crippen LogP contribution is -2.41. The van der Waals surface area contributed by atoms with Crippen LogP contribution in [0.15, 0.2) is 22.8 Å². The summed E-state index contributed by atoms with van der Waals surface area (Å²) in [7, 11) is 0. The molecule has 1 aromatic rings. The van der Waals surface area contributed by atoms with Gasteiger partial charge in [-0.15, -0.1) is 0 Å². The van der Waals surface area contributed by atoms with Gasteiger partial charge >= 0.3 is 0 Å². The summed E-state index contributed by atoms with van der Waals surface area (Å²) in [6.45, 7) is 4.36. The van der Waals surface area contributed by atoms with Gasteiger partial charge in [0, 0.05) is 19.5 Å². The molecule has 2 N–H and O–H groups in total. The van der Waals surface area contributed by atoms with Crippen molar-refractivity contribution in [1.82, 2.24) is 10.6 Å². The average Bonchev–Trinajstić information content (AvgIpc) is 2.90. The predicted octanol–water partition coefficient (Wildman–Crippen LogP) is 0.938. The van der Waals surface area contributed by atoms with Crippen LogP contribution < -0.4 is 10.6 Å². The molecule has 0 spiro atoms. The lowest BCUT2D eigenvalue weighted by molar-refractivity contribution is -0.129. The van der Waals surface area contributed by atoms with Crippen LogP contribution >= 0.6 is 0 Å². The molecule has 1 aliphatic heterocycles. The van der Waals surface area contributed by atoms with Gasteiger partial charge in [0.1, 0.15) is 5.76 Å². The van der Waals surface area contributed by atoms with Crippen LogP contribution in [0.25, 0.3) is 0 Å². The Morgan fingerprint density at radius 1 is 1.69 bits per heavy atom. The number of carbonyl (C=O) groups excluding carboxylic acids is 1. The van der Waals surface area contributed by atoms with E-state index in [2.05, 4.69) is 10.6 Å². The second kappa shape index (κ2) is 4.70. The van der Waals surface area contributed by atoms with Crippen molar-refractivity contribution in [2.45, 2.75) is 19.8 Å². The molecule has 1 fully saturated rings. The van der Waals surface area contributed by atoms with Crippen LogP contribution in [0.5, 0.6) is 0 Å². The molecule has 4 heteroatoms. The van der Waals surface area contributed by atoms with Gasteiger partial charge in [0.15, 0.2) is 0 Å². The van der Waals surface area contributed by atoms with E-state index in [9.17, 15) is 4.79 Å². The summed E-state index contributed by atoms with van der Waals surface area (Å²) in [4.78, 5) is 11.9. The van der Waals surface area contributed by atoms with Crippen LogP contribution in [0.1, 0.15) is 19.1 Å². The Kier molecular flexibility index (Phi) is 3.29. The molecule has 0 aliphatic carbocycles. The SMILES string of the molecule is CC1(C(=O)NCCc2ccco2)CCNC1. The fraction of sp³-hybridized carbons (Fsp3) is 0.583.